The first-order valence-electron chi connectivity index (χ1n) is 7.75. The molecule has 0 radical (unpaired) electrons. The van der Waals surface area contributed by atoms with E-state index in [1.807, 2.05) is 6.07 Å². The zero-order valence-corrected chi connectivity index (χ0v) is 14.0. The molecule has 1 aromatic rings. The summed E-state index contributed by atoms with van der Waals surface area (Å²) in [5.74, 6) is -1.33. The van der Waals surface area contributed by atoms with E-state index >= 15 is 0 Å². The number of esters is 1. The van der Waals surface area contributed by atoms with Crippen molar-refractivity contribution in [3.63, 3.8) is 0 Å². The number of nitrogens with two attached hydrogens (primary N) is 1. The minimum absolute atomic E-state index is 0.0330. The van der Waals surface area contributed by atoms with Gasteiger partial charge in [-0.2, -0.15) is 5.26 Å². The molecule has 1 unspecified atom stereocenters. The summed E-state index contributed by atoms with van der Waals surface area (Å²) in [6.07, 6.45) is -0.404. The van der Waals surface area contributed by atoms with Crippen molar-refractivity contribution in [2.45, 2.75) is 32.3 Å². The maximum Gasteiger partial charge on any atom is 0.339 e. The first-order valence-corrected chi connectivity index (χ1v) is 7.75. The monoisotopic (exact) mass is 339 g/mol. The van der Waals surface area contributed by atoms with Crippen LogP contribution in [0.3, 0.4) is 0 Å². The van der Waals surface area contributed by atoms with Crippen LogP contribution < -0.4 is 11.1 Å². The van der Waals surface area contributed by atoms with Crippen LogP contribution in [0.15, 0.2) is 47.1 Å². The number of ether oxygens (including phenoxy) is 2. The van der Waals surface area contributed by atoms with Crippen LogP contribution in [-0.4, -0.2) is 18.0 Å². The third-order valence-corrected chi connectivity index (χ3v) is 4.19. The van der Waals surface area contributed by atoms with Gasteiger partial charge in [0.05, 0.1) is 6.10 Å². The van der Waals surface area contributed by atoms with Crippen LogP contribution in [0, 0.1) is 11.3 Å². The molecule has 7 heteroatoms. The van der Waals surface area contributed by atoms with E-state index < -0.39 is 23.4 Å². The number of rotatable bonds is 2. The maximum absolute atomic E-state index is 13.0. The van der Waals surface area contributed by atoms with Crippen molar-refractivity contribution in [3.8, 4) is 6.07 Å². The molecule has 7 nitrogen and oxygen atoms in total. The molecule has 25 heavy (non-hydrogen) atoms. The zero-order chi connectivity index (χ0) is 18.4. The number of nitrogens with zero attached hydrogens (tertiary/aromatic N) is 1. The lowest BCUT2D eigenvalue weighted by Crippen LogP contribution is -2.46. The van der Waals surface area contributed by atoms with Crippen molar-refractivity contribution < 1.29 is 19.1 Å². The van der Waals surface area contributed by atoms with Crippen LogP contribution in [0.1, 0.15) is 26.3 Å². The summed E-state index contributed by atoms with van der Waals surface area (Å²) in [6.45, 7) is 4.92. The van der Waals surface area contributed by atoms with E-state index in [0.29, 0.717) is 11.3 Å². The third kappa shape index (κ3) is 2.18. The molecule has 0 fully saturated rings. The number of fused-ring (bicyclic) bond motifs is 2. The fourth-order valence-corrected chi connectivity index (χ4v) is 3.30. The minimum Gasteiger partial charge on any atom is -0.459 e. The van der Waals surface area contributed by atoms with Gasteiger partial charge in [-0.1, -0.05) is 18.2 Å². The Kier molecular flexibility index (Phi) is 3.76. The highest BCUT2D eigenvalue weighted by molar-refractivity contribution is 6.17. The van der Waals surface area contributed by atoms with E-state index in [0.717, 1.165) is 0 Å². The molecule has 1 amide bonds. The van der Waals surface area contributed by atoms with E-state index in [9.17, 15) is 14.9 Å². The molecule has 2 heterocycles. The Bertz CT molecular complexity index is 892. The number of allylic oxidation sites excluding steroid dienone is 1. The molecular formula is C18H17N3O4. The second kappa shape index (κ2) is 5.67. The predicted molar refractivity (Wildman–Crippen MR) is 88.6 cm³/mol. The molecule has 2 aliphatic heterocycles. The molecule has 0 saturated carbocycles. The van der Waals surface area contributed by atoms with E-state index in [2.05, 4.69) is 5.32 Å². The Morgan fingerprint density at radius 3 is 2.72 bits per heavy atom. The largest absolute Gasteiger partial charge is 0.459 e. The number of carbonyl (C=O) groups is 2. The first kappa shape index (κ1) is 16.6. The van der Waals surface area contributed by atoms with E-state index in [-0.39, 0.29) is 22.8 Å². The Hall–Kier alpha value is -3.27. The summed E-state index contributed by atoms with van der Waals surface area (Å²) in [5.41, 5.74) is 5.03. The molecule has 1 spiro atoms. The van der Waals surface area contributed by atoms with Gasteiger partial charge in [-0.25, -0.2) is 4.79 Å². The number of hydrogen-bond acceptors (Lipinski definition) is 6. The minimum atomic E-state index is -1.68. The molecule has 3 N–H and O–H groups in total. The lowest BCUT2D eigenvalue weighted by Gasteiger charge is -2.34. The maximum atomic E-state index is 13.0. The molecule has 1 aromatic carbocycles. The number of amides is 1. The quantitative estimate of drug-likeness (QED) is 0.794. The highest BCUT2D eigenvalue weighted by Crippen LogP contribution is 2.51. The Labute approximate surface area is 144 Å². The normalized spacial score (nSPS) is 21.8. The molecule has 128 valence electrons. The second-order valence-corrected chi connectivity index (χ2v) is 6.09. The van der Waals surface area contributed by atoms with E-state index in [1.54, 1.807) is 38.1 Å². The van der Waals surface area contributed by atoms with Crippen LogP contribution >= 0.6 is 0 Å². The highest BCUT2D eigenvalue weighted by atomic mass is 16.5. The summed E-state index contributed by atoms with van der Waals surface area (Å²) in [4.78, 5) is 25.8. The SMILES string of the molecule is CC1=C(C(=O)OC(C)C)C2(C(=O)Nc3ccccc32)C(C#N)=C(N)O1. The van der Waals surface area contributed by atoms with Crippen molar-refractivity contribution in [1.29, 1.82) is 5.26 Å². The summed E-state index contributed by atoms with van der Waals surface area (Å²) < 4.78 is 10.7. The average Bonchev–Trinajstić information content (AvgIpc) is 2.80. The first-order chi connectivity index (χ1) is 11.8. The molecule has 0 aromatic heterocycles. The summed E-state index contributed by atoms with van der Waals surface area (Å²) in [5, 5.41) is 12.4. The number of benzene rings is 1. The number of para-hydroxylation sites is 1. The fraction of sp³-hybridized carbons (Fsp3) is 0.278. The van der Waals surface area contributed by atoms with Crippen molar-refractivity contribution in [3.05, 3.63) is 52.6 Å². The van der Waals surface area contributed by atoms with Gasteiger partial charge < -0.3 is 20.5 Å². The smallest absolute Gasteiger partial charge is 0.339 e. The summed E-state index contributed by atoms with van der Waals surface area (Å²) in [6, 6.07) is 8.79. The zero-order valence-electron chi connectivity index (χ0n) is 14.0. The Morgan fingerprint density at radius 1 is 1.40 bits per heavy atom. The second-order valence-electron chi connectivity index (χ2n) is 6.09. The lowest BCUT2D eigenvalue weighted by atomic mass is 9.68. The lowest BCUT2D eigenvalue weighted by molar-refractivity contribution is -0.144. The number of carbonyl (C=O) groups excluding carboxylic acids is 2. The summed E-state index contributed by atoms with van der Waals surface area (Å²) >= 11 is 0. The van der Waals surface area contributed by atoms with Gasteiger partial charge >= 0.3 is 5.97 Å². The Balaban J connectivity index is 2.35. The van der Waals surface area contributed by atoms with Gasteiger partial charge in [0.1, 0.15) is 23.0 Å². The molecule has 3 rings (SSSR count). The Morgan fingerprint density at radius 2 is 2.08 bits per heavy atom. The van der Waals surface area contributed by atoms with E-state index in [1.165, 1.54) is 6.92 Å². The molecule has 0 saturated heterocycles. The van der Waals surface area contributed by atoms with Crippen LogP contribution in [0.4, 0.5) is 5.69 Å². The molecule has 1 atom stereocenters. The van der Waals surface area contributed by atoms with E-state index in [4.69, 9.17) is 15.2 Å². The highest BCUT2D eigenvalue weighted by Gasteiger charge is 2.59. The van der Waals surface area contributed by atoms with Gasteiger partial charge in [-0.15, -0.1) is 0 Å². The molecular weight excluding hydrogens is 322 g/mol. The van der Waals surface area contributed by atoms with Gasteiger partial charge in [-0.05, 0) is 26.8 Å². The van der Waals surface area contributed by atoms with Crippen LogP contribution in [0.25, 0.3) is 0 Å². The number of nitrogens with one attached hydrogen (secondary N) is 1. The van der Waals surface area contributed by atoms with Crippen molar-refractivity contribution in [2.75, 3.05) is 5.32 Å². The predicted octanol–water partition coefficient (Wildman–Crippen LogP) is 1.83. The van der Waals surface area contributed by atoms with Crippen LogP contribution in [-0.2, 0) is 24.5 Å². The molecule has 2 aliphatic rings. The van der Waals surface area contributed by atoms with Gasteiger partial charge in [0.2, 0.25) is 11.8 Å². The van der Waals surface area contributed by atoms with Crippen molar-refractivity contribution in [2.24, 2.45) is 5.73 Å². The van der Waals surface area contributed by atoms with Gasteiger partial charge in [0.25, 0.3) is 0 Å². The molecule has 0 aliphatic carbocycles. The molecule has 0 bridgehead atoms. The van der Waals surface area contributed by atoms with Crippen LogP contribution in [0.2, 0.25) is 0 Å². The van der Waals surface area contributed by atoms with Crippen molar-refractivity contribution >= 4 is 17.6 Å². The standard InChI is InChI=1S/C18H17N3O4/c1-9(2)24-16(22)14-10(3)25-15(20)12(8-19)18(14)11-6-4-5-7-13(11)21-17(18)23/h4-7,9H,20H2,1-3H3,(H,21,23). The number of anilines is 1. The fourth-order valence-electron chi connectivity index (χ4n) is 3.30. The van der Waals surface area contributed by atoms with Crippen LogP contribution in [0.5, 0.6) is 0 Å². The third-order valence-electron chi connectivity index (χ3n) is 4.19. The summed E-state index contributed by atoms with van der Waals surface area (Å²) in [7, 11) is 0. The van der Waals surface area contributed by atoms with Gasteiger partial charge in [-0.3, -0.25) is 4.79 Å². The topological polar surface area (TPSA) is 114 Å². The number of hydrogen-bond donors (Lipinski definition) is 2. The van der Waals surface area contributed by atoms with Gasteiger partial charge in [0.15, 0.2) is 5.41 Å². The average molecular weight is 339 g/mol. The number of nitriles is 1. The van der Waals surface area contributed by atoms with Gasteiger partial charge in [0, 0.05) is 11.3 Å². The van der Waals surface area contributed by atoms with Crippen molar-refractivity contribution in [1.82, 2.24) is 0 Å².